The molecule has 0 spiro atoms. The van der Waals surface area contributed by atoms with E-state index in [1.807, 2.05) is 24.3 Å². The molecular weight excluding hydrogens is 258 g/mol. The molecule has 0 N–H and O–H groups in total. The van der Waals surface area contributed by atoms with Gasteiger partial charge in [-0.25, -0.2) is 8.42 Å². The van der Waals surface area contributed by atoms with Crippen molar-refractivity contribution >= 4 is 36.2 Å². The highest BCUT2D eigenvalue weighted by atomic mass is 35.7. The van der Waals surface area contributed by atoms with Crippen molar-refractivity contribution in [2.24, 2.45) is 0 Å². The number of hydrogen-bond donors (Lipinski definition) is 0. The molecule has 2 aromatic rings. The molecule has 0 atom stereocenters. The van der Waals surface area contributed by atoms with E-state index in [1.54, 1.807) is 31.1 Å². The molecule has 0 aliphatic rings. The lowest BCUT2D eigenvalue weighted by atomic mass is 10.1. The molecule has 2 rings (SSSR count). The summed E-state index contributed by atoms with van der Waals surface area (Å²) < 4.78 is 23.1. The Hall–Kier alpha value is -1.26. The zero-order valence-electron chi connectivity index (χ0n) is 9.51. The SMILES string of the molecule is CN(C)c1c(S(=O)(=O)Cl)ccc2ccccc12. The van der Waals surface area contributed by atoms with Crippen LogP contribution in [0.3, 0.4) is 0 Å². The molecular formula is C12H12ClNO2S. The van der Waals surface area contributed by atoms with Gasteiger partial charge in [0.15, 0.2) is 0 Å². The fourth-order valence-electron chi connectivity index (χ4n) is 1.89. The van der Waals surface area contributed by atoms with Crippen LogP contribution in [0.2, 0.25) is 0 Å². The third kappa shape index (κ3) is 2.23. The molecule has 0 radical (unpaired) electrons. The molecule has 0 saturated carbocycles. The monoisotopic (exact) mass is 269 g/mol. The molecule has 0 unspecified atom stereocenters. The second kappa shape index (κ2) is 4.20. The maximum absolute atomic E-state index is 11.5. The molecule has 0 aliphatic carbocycles. The molecule has 0 aromatic heterocycles. The second-order valence-corrected chi connectivity index (χ2v) is 6.50. The Balaban J connectivity index is 2.92. The molecule has 0 aliphatic heterocycles. The normalized spacial score (nSPS) is 11.7. The van der Waals surface area contributed by atoms with Gasteiger partial charge in [-0.05, 0) is 11.5 Å². The molecule has 5 heteroatoms. The summed E-state index contributed by atoms with van der Waals surface area (Å²) in [5, 5.41) is 1.86. The van der Waals surface area contributed by atoms with Gasteiger partial charge in [-0.3, -0.25) is 0 Å². The van der Waals surface area contributed by atoms with Crippen LogP contribution in [0.5, 0.6) is 0 Å². The van der Waals surface area contributed by atoms with Gasteiger partial charge in [-0.1, -0.05) is 30.3 Å². The van der Waals surface area contributed by atoms with Gasteiger partial charge in [0.1, 0.15) is 4.90 Å². The van der Waals surface area contributed by atoms with E-state index in [9.17, 15) is 8.42 Å². The summed E-state index contributed by atoms with van der Waals surface area (Å²) in [5.74, 6) is 0. The lowest BCUT2D eigenvalue weighted by Gasteiger charge is -2.18. The topological polar surface area (TPSA) is 37.4 Å². The van der Waals surface area contributed by atoms with E-state index in [-0.39, 0.29) is 4.90 Å². The van der Waals surface area contributed by atoms with Crippen LogP contribution in [0.4, 0.5) is 5.69 Å². The minimum Gasteiger partial charge on any atom is -0.376 e. The Morgan fingerprint density at radius 3 is 2.29 bits per heavy atom. The molecule has 0 fully saturated rings. The Morgan fingerprint density at radius 1 is 1.06 bits per heavy atom. The standard InChI is InChI=1S/C12H12ClNO2S/c1-14(2)12-10-6-4-3-5-9(10)7-8-11(12)17(13,15)16/h3-8H,1-2H3. The van der Waals surface area contributed by atoms with E-state index < -0.39 is 9.05 Å². The average Bonchev–Trinajstić information content (AvgIpc) is 2.26. The van der Waals surface area contributed by atoms with Gasteiger partial charge in [0, 0.05) is 30.2 Å². The van der Waals surface area contributed by atoms with Crippen LogP contribution < -0.4 is 4.90 Å². The number of hydrogen-bond acceptors (Lipinski definition) is 3. The van der Waals surface area contributed by atoms with Gasteiger partial charge in [0.2, 0.25) is 0 Å². The minimum absolute atomic E-state index is 0.142. The molecule has 0 bridgehead atoms. The molecule has 0 heterocycles. The summed E-state index contributed by atoms with van der Waals surface area (Å²) in [6.45, 7) is 0. The van der Waals surface area contributed by atoms with Crippen LogP contribution in [-0.2, 0) is 9.05 Å². The summed E-state index contributed by atoms with van der Waals surface area (Å²) in [6.07, 6.45) is 0. The molecule has 0 saturated heterocycles. The maximum atomic E-state index is 11.5. The van der Waals surface area contributed by atoms with Gasteiger partial charge in [0.25, 0.3) is 9.05 Å². The third-order valence-corrected chi connectivity index (χ3v) is 3.93. The van der Waals surface area contributed by atoms with E-state index in [2.05, 4.69) is 0 Å². The van der Waals surface area contributed by atoms with Crippen molar-refractivity contribution in [2.45, 2.75) is 4.90 Å². The lowest BCUT2D eigenvalue weighted by molar-refractivity contribution is 0.609. The van der Waals surface area contributed by atoms with Gasteiger partial charge in [0.05, 0.1) is 5.69 Å². The Morgan fingerprint density at radius 2 is 1.71 bits per heavy atom. The number of rotatable bonds is 2. The Kier molecular flexibility index (Phi) is 3.02. The highest BCUT2D eigenvalue weighted by Gasteiger charge is 2.19. The second-order valence-electron chi connectivity index (χ2n) is 3.97. The van der Waals surface area contributed by atoms with Gasteiger partial charge in [-0.2, -0.15) is 0 Å². The molecule has 0 amide bonds. The maximum Gasteiger partial charge on any atom is 0.263 e. The predicted octanol–water partition coefficient (Wildman–Crippen LogP) is 2.83. The van der Waals surface area contributed by atoms with Gasteiger partial charge < -0.3 is 4.90 Å². The van der Waals surface area contributed by atoms with Gasteiger partial charge in [-0.15, -0.1) is 0 Å². The number of halogens is 1. The zero-order chi connectivity index (χ0) is 12.6. The summed E-state index contributed by atoms with van der Waals surface area (Å²) in [4.78, 5) is 1.90. The van der Waals surface area contributed by atoms with E-state index >= 15 is 0 Å². The van der Waals surface area contributed by atoms with Crippen molar-refractivity contribution in [2.75, 3.05) is 19.0 Å². The summed E-state index contributed by atoms with van der Waals surface area (Å²) in [7, 11) is 5.31. The quantitative estimate of drug-likeness (QED) is 0.787. The van der Waals surface area contributed by atoms with Crippen LogP contribution in [0, 0.1) is 0 Å². The first-order chi connectivity index (χ1) is 7.91. The molecule has 90 valence electrons. The van der Waals surface area contributed by atoms with Crippen LogP contribution in [0.1, 0.15) is 0 Å². The van der Waals surface area contributed by atoms with Crippen molar-refractivity contribution < 1.29 is 8.42 Å². The van der Waals surface area contributed by atoms with E-state index in [4.69, 9.17) is 10.7 Å². The summed E-state index contributed by atoms with van der Waals surface area (Å²) in [6, 6.07) is 10.9. The Labute approximate surface area is 105 Å². The largest absolute Gasteiger partial charge is 0.376 e. The minimum atomic E-state index is -3.74. The van der Waals surface area contributed by atoms with E-state index in [0.717, 1.165) is 10.8 Å². The van der Waals surface area contributed by atoms with Crippen molar-refractivity contribution in [1.82, 2.24) is 0 Å². The summed E-state index contributed by atoms with van der Waals surface area (Å²) in [5.41, 5.74) is 0.623. The van der Waals surface area contributed by atoms with E-state index in [0.29, 0.717) is 5.69 Å². The fourth-order valence-corrected chi connectivity index (χ4v) is 3.02. The number of benzene rings is 2. The van der Waals surface area contributed by atoms with Crippen molar-refractivity contribution in [3.63, 3.8) is 0 Å². The third-order valence-electron chi connectivity index (χ3n) is 2.57. The highest BCUT2D eigenvalue weighted by molar-refractivity contribution is 8.13. The smallest absolute Gasteiger partial charge is 0.263 e. The number of nitrogens with zero attached hydrogens (tertiary/aromatic N) is 1. The van der Waals surface area contributed by atoms with Crippen LogP contribution in [-0.4, -0.2) is 22.5 Å². The number of anilines is 1. The first-order valence-corrected chi connectivity index (χ1v) is 7.36. The van der Waals surface area contributed by atoms with Crippen molar-refractivity contribution in [1.29, 1.82) is 0 Å². The predicted molar refractivity (Wildman–Crippen MR) is 71.3 cm³/mol. The molecule has 17 heavy (non-hydrogen) atoms. The molecule has 3 nitrogen and oxygen atoms in total. The van der Waals surface area contributed by atoms with Crippen molar-refractivity contribution in [3.8, 4) is 0 Å². The first kappa shape index (κ1) is 12.2. The van der Waals surface area contributed by atoms with Crippen LogP contribution >= 0.6 is 10.7 Å². The fraction of sp³-hybridized carbons (Fsp3) is 0.167. The van der Waals surface area contributed by atoms with Gasteiger partial charge >= 0.3 is 0 Å². The summed E-state index contributed by atoms with van der Waals surface area (Å²) >= 11 is 0. The Bertz CT molecular complexity index is 665. The lowest BCUT2D eigenvalue weighted by Crippen LogP contribution is -2.12. The van der Waals surface area contributed by atoms with E-state index in [1.165, 1.54) is 0 Å². The average molecular weight is 270 g/mol. The number of fused-ring (bicyclic) bond motifs is 1. The van der Waals surface area contributed by atoms with Crippen LogP contribution in [0.25, 0.3) is 10.8 Å². The van der Waals surface area contributed by atoms with Crippen molar-refractivity contribution in [3.05, 3.63) is 36.4 Å². The van der Waals surface area contributed by atoms with Crippen LogP contribution in [0.15, 0.2) is 41.3 Å². The molecule has 2 aromatic carbocycles. The first-order valence-electron chi connectivity index (χ1n) is 5.05. The zero-order valence-corrected chi connectivity index (χ0v) is 11.1. The highest BCUT2D eigenvalue weighted by Crippen LogP contribution is 2.34.